The van der Waals surface area contributed by atoms with Gasteiger partial charge in [-0.3, -0.25) is 9.59 Å². The first-order chi connectivity index (χ1) is 8.41. The lowest BCUT2D eigenvalue weighted by atomic mass is 10.1. The van der Waals surface area contributed by atoms with Gasteiger partial charge in [0.1, 0.15) is 0 Å². The molecule has 2 amide bonds. The van der Waals surface area contributed by atoms with Gasteiger partial charge in [-0.05, 0) is 30.2 Å². The number of aliphatic hydroxyl groups is 1. The average molecular weight is 250 g/mol. The van der Waals surface area contributed by atoms with Gasteiger partial charge in [-0.2, -0.15) is 0 Å². The van der Waals surface area contributed by atoms with Gasteiger partial charge in [0.2, 0.25) is 5.91 Å². The van der Waals surface area contributed by atoms with Crippen LogP contribution >= 0.6 is 0 Å². The molecular weight excluding hydrogens is 232 g/mol. The highest BCUT2D eigenvalue weighted by atomic mass is 16.3. The monoisotopic (exact) mass is 250 g/mol. The lowest BCUT2D eigenvalue weighted by Gasteiger charge is -2.15. The Balaban J connectivity index is 2.59. The number of carbonyl (C=O) groups is 2. The fourth-order valence-electron chi connectivity index (χ4n) is 1.32. The van der Waals surface area contributed by atoms with Crippen molar-refractivity contribution in [3.05, 3.63) is 35.4 Å². The lowest BCUT2D eigenvalue weighted by Crippen LogP contribution is -2.34. The lowest BCUT2D eigenvalue weighted by molar-refractivity contribution is 0.0871. The van der Waals surface area contributed by atoms with E-state index in [0.717, 1.165) is 0 Å². The largest absolute Gasteiger partial charge is 0.391 e. The van der Waals surface area contributed by atoms with Crippen LogP contribution in [0.15, 0.2) is 24.3 Å². The second-order valence-corrected chi connectivity index (χ2v) is 4.46. The normalized spacial score (nSPS) is 12.2. The van der Waals surface area contributed by atoms with Crippen LogP contribution in [0.25, 0.3) is 0 Å². The number of hydrogen-bond acceptors (Lipinski definition) is 3. The van der Waals surface area contributed by atoms with Crippen molar-refractivity contribution in [3.8, 4) is 0 Å². The van der Waals surface area contributed by atoms with E-state index in [1.807, 2.05) is 13.8 Å². The first kappa shape index (κ1) is 14.2. The van der Waals surface area contributed by atoms with E-state index in [1.165, 1.54) is 24.3 Å². The van der Waals surface area contributed by atoms with Crippen molar-refractivity contribution in [2.75, 3.05) is 6.54 Å². The molecule has 1 aromatic carbocycles. The molecule has 0 saturated carbocycles. The third-order valence-electron chi connectivity index (χ3n) is 2.67. The zero-order chi connectivity index (χ0) is 13.7. The van der Waals surface area contributed by atoms with Crippen molar-refractivity contribution in [1.29, 1.82) is 0 Å². The highest BCUT2D eigenvalue weighted by molar-refractivity contribution is 5.97. The van der Waals surface area contributed by atoms with Crippen molar-refractivity contribution in [3.63, 3.8) is 0 Å². The molecule has 5 heteroatoms. The molecule has 0 saturated heterocycles. The van der Waals surface area contributed by atoms with Crippen LogP contribution in [0.4, 0.5) is 0 Å². The van der Waals surface area contributed by atoms with Crippen molar-refractivity contribution >= 4 is 11.8 Å². The Morgan fingerprint density at radius 3 is 2.17 bits per heavy atom. The molecule has 0 spiro atoms. The number of nitrogens with two attached hydrogens (primary N) is 1. The number of hydrogen-bond donors (Lipinski definition) is 3. The summed E-state index contributed by atoms with van der Waals surface area (Å²) in [6, 6.07) is 6.04. The van der Waals surface area contributed by atoms with Crippen LogP contribution in [-0.2, 0) is 0 Å². The number of nitrogens with one attached hydrogen (secondary N) is 1. The minimum absolute atomic E-state index is 0.0857. The van der Waals surface area contributed by atoms with E-state index in [-0.39, 0.29) is 18.4 Å². The molecule has 4 N–H and O–H groups in total. The first-order valence-corrected chi connectivity index (χ1v) is 5.78. The maximum atomic E-state index is 11.7. The summed E-state index contributed by atoms with van der Waals surface area (Å²) in [4.78, 5) is 22.6. The van der Waals surface area contributed by atoms with Crippen molar-refractivity contribution in [2.45, 2.75) is 20.0 Å². The summed E-state index contributed by atoms with van der Waals surface area (Å²) in [5, 5.41) is 12.2. The van der Waals surface area contributed by atoms with Crippen molar-refractivity contribution in [2.24, 2.45) is 11.7 Å². The molecule has 0 aromatic heterocycles. The van der Waals surface area contributed by atoms with Crippen LogP contribution in [0, 0.1) is 5.92 Å². The van der Waals surface area contributed by atoms with Gasteiger partial charge in [-0.1, -0.05) is 13.8 Å². The summed E-state index contributed by atoms with van der Waals surface area (Å²) < 4.78 is 0. The summed E-state index contributed by atoms with van der Waals surface area (Å²) in [5.74, 6) is -0.731. The predicted molar refractivity (Wildman–Crippen MR) is 68.1 cm³/mol. The summed E-state index contributed by atoms with van der Waals surface area (Å²) in [5.41, 5.74) is 5.88. The standard InChI is InChI=1S/C13H18N2O3/c1-8(2)11(16)7-15-13(18)10-5-3-9(4-6-10)12(14)17/h3-6,8,11,16H,7H2,1-2H3,(H2,14,17)(H,15,18). The summed E-state index contributed by atoms with van der Waals surface area (Å²) in [7, 11) is 0. The zero-order valence-corrected chi connectivity index (χ0v) is 10.5. The van der Waals surface area contributed by atoms with Crippen LogP contribution in [0.5, 0.6) is 0 Å². The molecular formula is C13H18N2O3. The number of amides is 2. The molecule has 98 valence electrons. The average Bonchev–Trinajstić information content (AvgIpc) is 2.35. The van der Waals surface area contributed by atoms with E-state index < -0.39 is 12.0 Å². The van der Waals surface area contributed by atoms with Crippen molar-refractivity contribution in [1.82, 2.24) is 5.32 Å². The summed E-state index contributed by atoms with van der Waals surface area (Å²) in [6.07, 6.45) is -0.571. The molecule has 18 heavy (non-hydrogen) atoms. The molecule has 1 unspecified atom stereocenters. The van der Waals surface area contributed by atoms with E-state index in [2.05, 4.69) is 5.32 Å². The predicted octanol–water partition coefficient (Wildman–Crippen LogP) is 0.532. The topological polar surface area (TPSA) is 92.4 Å². The molecule has 0 heterocycles. The van der Waals surface area contributed by atoms with Crippen molar-refractivity contribution < 1.29 is 14.7 Å². The molecule has 5 nitrogen and oxygen atoms in total. The van der Waals surface area contributed by atoms with Gasteiger partial charge in [0.15, 0.2) is 0 Å². The molecule has 0 aliphatic carbocycles. The zero-order valence-electron chi connectivity index (χ0n) is 10.5. The number of aliphatic hydroxyl groups excluding tert-OH is 1. The SMILES string of the molecule is CC(C)C(O)CNC(=O)c1ccc(C(N)=O)cc1. The van der Waals surface area contributed by atoms with Crippen LogP contribution in [-0.4, -0.2) is 29.6 Å². The second kappa shape index (κ2) is 6.16. The van der Waals surface area contributed by atoms with Gasteiger partial charge in [-0.25, -0.2) is 0 Å². The van der Waals surface area contributed by atoms with Crippen LogP contribution < -0.4 is 11.1 Å². The fraction of sp³-hybridized carbons (Fsp3) is 0.385. The Hall–Kier alpha value is -1.88. The minimum atomic E-state index is -0.571. The third-order valence-corrected chi connectivity index (χ3v) is 2.67. The van der Waals surface area contributed by atoms with Gasteiger partial charge in [0.25, 0.3) is 5.91 Å². The number of rotatable bonds is 5. The molecule has 1 aromatic rings. The number of carbonyl (C=O) groups excluding carboxylic acids is 2. The molecule has 0 fully saturated rings. The van der Waals surface area contributed by atoms with Crippen LogP contribution in [0.3, 0.4) is 0 Å². The van der Waals surface area contributed by atoms with Gasteiger partial charge in [0, 0.05) is 17.7 Å². The van der Waals surface area contributed by atoms with Gasteiger partial charge in [-0.15, -0.1) is 0 Å². The Bertz CT molecular complexity index is 426. The molecule has 1 atom stereocenters. The number of primary amides is 1. The van der Waals surface area contributed by atoms with Gasteiger partial charge < -0.3 is 16.2 Å². The van der Waals surface area contributed by atoms with E-state index in [4.69, 9.17) is 5.73 Å². The maximum Gasteiger partial charge on any atom is 0.251 e. The summed E-state index contributed by atoms with van der Waals surface area (Å²) in [6.45, 7) is 3.95. The minimum Gasteiger partial charge on any atom is -0.391 e. The first-order valence-electron chi connectivity index (χ1n) is 5.78. The maximum absolute atomic E-state index is 11.7. The number of benzene rings is 1. The van der Waals surface area contributed by atoms with E-state index in [0.29, 0.717) is 11.1 Å². The molecule has 0 aliphatic heterocycles. The molecule has 0 aliphatic rings. The van der Waals surface area contributed by atoms with Crippen LogP contribution in [0.2, 0.25) is 0 Å². The van der Waals surface area contributed by atoms with Gasteiger partial charge >= 0.3 is 0 Å². The quantitative estimate of drug-likeness (QED) is 0.711. The summed E-state index contributed by atoms with van der Waals surface area (Å²) >= 11 is 0. The molecule has 0 bridgehead atoms. The molecule has 0 radical (unpaired) electrons. The Kier molecular flexibility index (Phi) is 4.85. The second-order valence-electron chi connectivity index (χ2n) is 4.46. The van der Waals surface area contributed by atoms with E-state index in [9.17, 15) is 14.7 Å². The van der Waals surface area contributed by atoms with E-state index >= 15 is 0 Å². The van der Waals surface area contributed by atoms with Gasteiger partial charge in [0.05, 0.1) is 6.10 Å². The van der Waals surface area contributed by atoms with Crippen LogP contribution in [0.1, 0.15) is 34.6 Å². The Morgan fingerprint density at radius 2 is 1.72 bits per heavy atom. The third kappa shape index (κ3) is 3.85. The Morgan fingerprint density at radius 1 is 1.22 bits per heavy atom. The Labute approximate surface area is 106 Å². The highest BCUT2D eigenvalue weighted by Gasteiger charge is 2.12. The highest BCUT2D eigenvalue weighted by Crippen LogP contribution is 2.04. The van der Waals surface area contributed by atoms with E-state index in [1.54, 1.807) is 0 Å². The smallest absolute Gasteiger partial charge is 0.251 e. The fourth-order valence-corrected chi connectivity index (χ4v) is 1.32. The molecule has 1 rings (SSSR count).